The summed E-state index contributed by atoms with van der Waals surface area (Å²) in [4.78, 5) is 15.6. The van der Waals surface area contributed by atoms with Crippen molar-refractivity contribution in [2.75, 3.05) is 5.75 Å². The molecule has 1 saturated carbocycles. The van der Waals surface area contributed by atoms with E-state index in [-0.39, 0.29) is 5.75 Å². The van der Waals surface area contributed by atoms with Crippen LogP contribution in [-0.2, 0) is 11.3 Å². The van der Waals surface area contributed by atoms with Crippen LogP contribution in [0.5, 0.6) is 0 Å². The number of fused-ring (bicyclic) bond motifs is 1. The van der Waals surface area contributed by atoms with Gasteiger partial charge < -0.3 is 9.67 Å². The number of nitrogens with zero attached hydrogens (tertiary/aromatic N) is 2. The van der Waals surface area contributed by atoms with Gasteiger partial charge in [-0.3, -0.25) is 4.79 Å². The largest absolute Gasteiger partial charge is 0.481 e. The molecule has 0 bridgehead atoms. The first-order valence-corrected chi connectivity index (χ1v) is 8.34. The zero-order valence-corrected chi connectivity index (χ0v) is 13.2. The van der Waals surface area contributed by atoms with Gasteiger partial charge >= 0.3 is 5.97 Å². The number of aromatic nitrogens is 2. The molecular weight excluding hydrogens is 284 g/mol. The molecule has 1 aliphatic rings. The van der Waals surface area contributed by atoms with Gasteiger partial charge in [0.05, 0.1) is 16.8 Å². The van der Waals surface area contributed by atoms with Crippen LogP contribution in [-0.4, -0.2) is 26.4 Å². The normalized spacial score (nSPS) is 16.3. The third-order valence-corrected chi connectivity index (χ3v) is 5.43. The molecule has 0 unspecified atom stereocenters. The van der Waals surface area contributed by atoms with E-state index >= 15 is 0 Å². The molecule has 0 amide bonds. The van der Waals surface area contributed by atoms with Crippen molar-refractivity contribution in [2.24, 2.45) is 5.41 Å². The minimum atomic E-state index is -0.799. The molecule has 0 radical (unpaired) electrons. The summed E-state index contributed by atoms with van der Waals surface area (Å²) in [5.41, 5.74) is 3.67. The predicted molar refractivity (Wildman–Crippen MR) is 84.8 cm³/mol. The lowest BCUT2D eigenvalue weighted by Crippen LogP contribution is -2.12. The number of carboxylic acids is 1. The van der Waals surface area contributed by atoms with Crippen LogP contribution in [0.4, 0.5) is 0 Å². The molecule has 4 nitrogen and oxygen atoms in total. The number of aryl methyl sites for hydroxylation is 1. The maximum absolute atomic E-state index is 10.9. The first-order chi connectivity index (χ1) is 10.0. The summed E-state index contributed by atoms with van der Waals surface area (Å²) < 4.78 is 2.23. The van der Waals surface area contributed by atoms with Gasteiger partial charge in [-0.1, -0.05) is 30.8 Å². The summed E-state index contributed by atoms with van der Waals surface area (Å²) >= 11 is 1.32. The van der Waals surface area contributed by atoms with E-state index in [1.807, 2.05) is 6.07 Å². The third kappa shape index (κ3) is 2.79. The van der Waals surface area contributed by atoms with Crippen LogP contribution >= 0.6 is 11.8 Å². The number of carboxylic acid groups (broad SMARTS) is 1. The van der Waals surface area contributed by atoms with Crippen molar-refractivity contribution in [1.82, 2.24) is 9.55 Å². The van der Waals surface area contributed by atoms with E-state index in [9.17, 15) is 4.79 Å². The predicted octanol–water partition coefficient (Wildman–Crippen LogP) is 3.71. The highest BCUT2D eigenvalue weighted by Gasteiger charge is 2.41. The van der Waals surface area contributed by atoms with E-state index in [1.54, 1.807) is 0 Å². The minimum Gasteiger partial charge on any atom is -0.481 e. The molecule has 1 N–H and O–H groups in total. The summed E-state index contributed by atoms with van der Waals surface area (Å²) in [5.74, 6) is -0.742. The molecule has 21 heavy (non-hydrogen) atoms. The number of imidazole rings is 1. The van der Waals surface area contributed by atoms with Crippen LogP contribution in [0.3, 0.4) is 0 Å². The van der Waals surface area contributed by atoms with E-state index in [0.717, 1.165) is 28.3 Å². The van der Waals surface area contributed by atoms with Gasteiger partial charge in [0.15, 0.2) is 5.16 Å². The Hall–Kier alpha value is -1.49. The molecular formula is C16H20N2O2S. The van der Waals surface area contributed by atoms with E-state index < -0.39 is 5.97 Å². The third-order valence-electron chi connectivity index (χ3n) is 4.47. The quantitative estimate of drug-likeness (QED) is 0.827. The Morgan fingerprint density at radius 2 is 2.24 bits per heavy atom. The number of hydrogen-bond donors (Lipinski definition) is 1. The lowest BCUT2D eigenvalue weighted by Gasteiger charge is -2.16. The fourth-order valence-electron chi connectivity index (χ4n) is 2.79. The number of benzene rings is 1. The fraction of sp³-hybridized carbons (Fsp3) is 0.500. The monoisotopic (exact) mass is 304 g/mol. The van der Waals surface area contributed by atoms with E-state index in [1.165, 1.54) is 31.0 Å². The molecule has 1 aromatic carbocycles. The van der Waals surface area contributed by atoms with Crippen LogP contribution < -0.4 is 0 Å². The van der Waals surface area contributed by atoms with Gasteiger partial charge in [0.2, 0.25) is 0 Å². The maximum atomic E-state index is 10.9. The highest BCUT2D eigenvalue weighted by Crippen LogP contribution is 2.51. The molecule has 0 spiro atoms. The van der Waals surface area contributed by atoms with Gasteiger partial charge in [0, 0.05) is 6.54 Å². The van der Waals surface area contributed by atoms with Gasteiger partial charge in [0.25, 0.3) is 0 Å². The lowest BCUT2D eigenvalue weighted by atomic mass is 10.0. The van der Waals surface area contributed by atoms with Gasteiger partial charge in [0.1, 0.15) is 0 Å². The van der Waals surface area contributed by atoms with Gasteiger partial charge in [-0.25, -0.2) is 4.98 Å². The summed E-state index contributed by atoms with van der Waals surface area (Å²) in [6.07, 6.45) is 3.69. The Labute approximate surface area is 128 Å². The number of aliphatic carboxylic acids is 1. The molecule has 3 rings (SSSR count). The SMILES string of the molecule is CCC1(Cn2c(SCC(=O)O)nc3c(C)cccc32)CC1. The smallest absolute Gasteiger partial charge is 0.313 e. The fourth-order valence-corrected chi connectivity index (χ4v) is 3.52. The van der Waals surface area contributed by atoms with Crippen molar-refractivity contribution in [3.63, 3.8) is 0 Å². The summed E-state index contributed by atoms with van der Waals surface area (Å²) in [6, 6.07) is 6.19. The Morgan fingerprint density at radius 1 is 1.48 bits per heavy atom. The number of hydrogen-bond acceptors (Lipinski definition) is 3. The number of carbonyl (C=O) groups is 1. The molecule has 1 aliphatic carbocycles. The topological polar surface area (TPSA) is 55.1 Å². The Balaban J connectivity index is 2.02. The molecule has 1 heterocycles. The van der Waals surface area contributed by atoms with Crippen molar-refractivity contribution in [3.8, 4) is 0 Å². The van der Waals surface area contributed by atoms with Crippen molar-refractivity contribution < 1.29 is 9.90 Å². The Kier molecular flexibility index (Phi) is 3.69. The molecule has 112 valence electrons. The van der Waals surface area contributed by atoms with E-state index in [2.05, 4.69) is 30.5 Å². The molecule has 0 atom stereocenters. The summed E-state index contributed by atoms with van der Waals surface area (Å²) in [5, 5.41) is 9.76. The van der Waals surface area contributed by atoms with Crippen molar-refractivity contribution in [2.45, 2.75) is 44.8 Å². The standard InChI is InChI=1S/C16H20N2O2S/c1-3-16(7-8-16)10-18-12-6-4-5-11(2)14(12)17-15(18)21-9-13(19)20/h4-6H,3,7-10H2,1-2H3,(H,19,20). The second-order valence-electron chi connectivity index (χ2n) is 5.96. The van der Waals surface area contributed by atoms with Crippen LogP contribution in [0.15, 0.2) is 23.4 Å². The van der Waals surface area contributed by atoms with Crippen molar-refractivity contribution >= 4 is 28.8 Å². The molecule has 0 saturated heterocycles. The van der Waals surface area contributed by atoms with E-state index in [0.29, 0.717) is 5.41 Å². The molecule has 0 aliphatic heterocycles. The highest BCUT2D eigenvalue weighted by atomic mass is 32.2. The average Bonchev–Trinajstić information content (AvgIpc) is 3.14. The second-order valence-corrected chi connectivity index (χ2v) is 6.90. The highest BCUT2D eigenvalue weighted by molar-refractivity contribution is 7.99. The second kappa shape index (κ2) is 5.37. The van der Waals surface area contributed by atoms with E-state index in [4.69, 9.17) is 10.1 Å². The van der Waals surface area contributed by atoms with Crippen molar-refractivity contribution in [3.05, 3.63) is 23.8 Å². The van der Waals surface area contributed by atoms with Crippen LogP contribution in [0.2, 0.25) is 0 Å². The zero-order chi connectivity index (χ0) is 15.0. The van der Waals surface area contributed by atoms with Crippen LogP contribution in [0.1, 0.15) is 31.7 Å². The first-order valence-electron chi connectivity index (χ1n) is 7.35. The van der Waals surface area contributed by atoms with Crippen LogP contribution in [0, 0.1) is 12.3 Å². The van der Waals surface area contributed by atoms with Gasteiger partial charge in [-0.15, -0.1) is 0 Å². The lowest BCUT2D eigenvalue weighted by molar-refractivity contribution is -0.133. The molecule has 2 aromatic rings. The van der Waals surface area contributed by atoms with Crippen molar-refractivity contribution in [1.29, 1.82) is 0 Å². The van der Waals surface area contributed by atoms with Gasteiger partial charge in [-0.05, 0) is 43.2 Å². The van der Waals surface area contributed by atoms with Gasteiger partial charge in [-0.2, -0.15) is 0 Å². The maximum Gasteiger partial charge on any atom is 0.313 e. The number of thioether (sulfide) groups is 1. The Morgan fingerprint density at radius 3 is 2.86 bits per heavy atom. The minimum absolute atomic E-state index is 0.0570. The summed E-state index contributed by atoms with van der Waals surface area (Å²) in [6.45, 7) is 5.24. The summed E-state index contributed by atoms with van der Waals surface area (Å²) in [7, 11) is 0. The molecule has 1 fully saturated rings. The van der Waals surface area contributed by atoms with Crippen LogP contribution in [0.25, 0.3) is 11.0 Å². The first kappa shape index (κ1) is 14.4. The Bertz CT molecular complexity index is 689. The molecule has 1 aromatic heterocycles. The number of para-hydroxylation sites is 1. The number of rotatable bonds is 6. The average molecular weight is 304 g/mol. The zero-order valence-electron chi connectivity index (χ0n) is 12.4. The molecule has 5 heteroatoms.